The van der Waals surface area contributed by atoms with Crippen LogP contribution in [0.1, 0.15) is 37.3 Å². The minimum absolute atomic E-state index is 0.127. The van der Waals surface area contributed by atoms with Gasteiger partial charge in [0.2, 0.25) is 0 Å². The second-order valence-corrected chi connectivity index (χ2v) is 4.40. The average Bonchev–Trinajstić information content (AvgIpc) is 2.71. The molecule has 17 heavy (non-hydrogen) atoms. The molecule has 1 N–H and O–H groups in total. The van der Waals surface area contributed by atoms with E-state index in [0.29, 0.717) is 16.3 Å². The van der Waals surface area contributed by atoms with Gasteiger partial charge in [0.25, 0.3) is 0 Å². The lowest BCUT2D eigenvalue weighted by molar-refractivity contribution is 0.204. The van der Waals surface area contributed by atoms with Crippen LogP contribution in [0.15, 0.2) is 24.7 Å². The Bertz CT molecular complexity index is 497. The highest BCUT2D eigenvalue weighted by Crippen LogP contribution is 2.29. The van der Waals surface area contributed by atoms with Crippen LogP contribution >= 0.6 is 11.6 Å². The second kappa shape index (κ2) is 4.81. The van der Waals surface area contributed by atoms with E-state index in [1.54, 1.807) is 10.7 Å². The molecule has 0 radical (unpaired) electrons. The van der Waals surface area contributed by atoms with Gasteiger partial charge in [0.05, 0.1) is 23.1 Å². The first-order valence-corrected chi connectivity index (χ1v) is 5.66. The summed E-state index contributed by atoms with van der Waals surface area (Å²) in [5.41, 5.74) is 1.22. The van der Waals surface area contributed by atoms with E-state index in [9.17, 15) is 5.11 Å². The van der Waals surface area contributed by atoms with Crippen LogP contribution < -0.4 is 0 Å². The molecule has 5 nitrogen and oxygen atoms in total. The van der Waals surface area contributed by atoms with E-state index in [1.165, 1.54) is 18.6 Å². The molecule has 2 aromatic rings. The minimum atomic E-state index is -0.845. The van der Waals surface area contributed by atoms with Gasteiger partial charge in [0.15, 0.2) is 0 Å². The Morgan fingerprint density at radius 1 is 1.29 bits per heavy atom. The van der Waals surface area contributed by atoms with E-state index in [4.69, 9.17) is 11.6 Å². The van der Waals surface area contributed by atoms with Crippen molar-refractivity contribution >= 4 is 11.6 Å². The van der Waals surface area contributed by atoms with Gasteiger partial charge in [-0.2, -0.15) is 15.3 Å². The van der Waals surface area contributed by atoms with Gasteiger partial charge in [0.1, 0.15) is 6.10 Å². The number of halogens is 1. The van der Waals surface area contributed by atoms with Crippen LogP contribution in [0.2, 0.25) is 5.02 Å². The van der Waals surface area contributed by atoms with Crippen molar-refractivity contribution in [3.63, 3.8) is 0 Å². The third-order valence-electron chi connectivity index (χ3n) is 2.46. The fourth-order valence-electron chi connectivity index (χ4n) is 1.64. The predicted molar refractivity (Wildman–Crippen MR) is 63.7 cm³/mol. The van der Waals surface area contributed by atoms with E-state index < -0.39 is 6.10 Å². The molecule has 0 saturated heterocycles. The van der Waals surface area contributed by atoms with Crippen LogP contribution in [0.3, 0.4) is 0 Å². The molecule has 0 aliphatic heterocycles. The summed E-state index contributed by atoms with van der Waals surface area (Å²) < 4.78 is 1.70. The summed E-state index contributed by atoms with van der Waals surface area (Å²) in [7, 11) is 0. The van der Waals surface area contributed by atoms with Crippen LogP contribution in [0, 0.1) is 0 Å². The number of aliphatic hydroxyl groups excluding tert-OH is 1. The summed E-state index contributed by atoms with van der Waals surface area (Å²) in [6, 6.07) is 1.83. The molecule has 90 valence electrons. The van der Waals surface area contributed by atoms with Crippen LogP contribution in [0.25, 0.3) is 0 Å². The SMILES string of the molecule is CC(C)n1ncc(Cl)c1C(O)c1ccnnc1. The number of hydrogen-bond acceptors (Lipinski definition) is 4. The van der Waals surface area contributed by atoms with Gasteiger partial charge >= 0.3 is 0 Å². The first kappa shape index (κ1) is 12.0. The molecule has 0 amide bonds. The van der Waals surface area contributed by atoms with Crippen LogP contribution in [0.5, 0.6) is 0 Å². The maximum atomic E-state index is 10.3. The van der Waals surface area contributed by atoms with Gasteiger partial charge in [-0.05, 0) is 19.9 Å². The Kier molecular flexibility index (Phi) is 3.40. The summed E-state index contributed by atoms with van der Waals surface area (Å²) >= 11 is 6.05. The Morgan fingerprint density at radius 3 is 2.65 bits per heavy atom. The third kappa shape index (κ3) is 2.30. The standard InChI is InChI=1S/C11H13ClN4O/c1-7(2)16-10(9(12)6-15-16)11(17)8-3-4-13-14-5-8/h3-7,11,17H,1-2H3. The molecule has 2 aromatic heterocycles. The van der Waals surface area contributed by atoms with Gasteiger partial charge in [-0.1, -0.05) is 11.6 Å². The molecule has 0 fully saturated rings. The number of nitrogens with zero attached hydrogens (tertiary/aromatic N) is 4. The maximum Gasteiger partial charge on any atom is 0.124 e. The highest BCUT2D eigenvalue weighted by Gasteiger charge is 2.21. The van der Waals surface area contributed by atoms with E-state index in [2.05, 4.69) is 15.3 Å². The first-order chi connectivity index (χ1) is 8.11. The highest BCUT2D eigenvalue weighted by molar-refractivity contribution is 6.31. The molecule has 1 unspecified atom stereocenters. The summed E-state index contributed by atoms with van der Waals surface area (Å²) in [6.07, 6.45) is 3.73. The van der Waals surface area contributed by atoms with Crippen molar-refractivity contribution in [2.45, 2.75) is 26.0 Å². The average molecular weight is 253 g/mol. The highest BCUT2D eigenvalue weighted by atomic mass is 35.5. The smallest absolute Gasteiger partial charge is 0.124 e. The normalized spacial score (nSPS) is 13.0. The second-order valence-electron chi connectivity index (χ2n) is 3.99. The van der Waals surface area contributed by atoms with Crippen LogP contribution in [-0.4, -0.2) is 25.1 Å². The van der Waals surface area contributed by atoms with E-state index >= 15 is 0 Å². The number of aromatic nitrogens is 4. The Morgan fingerprint density at radius 2 is 2.06 bits per heavy atom. The molecule has 0 saturated carbocycles. The summed E-state index contributed by atoms with van der Waals surface area (Å²) in [5, 5.41) is 22.3. The minimum Gasteiger partial charge on any atom is -0.382 e. The quantitative estimate of drug-likeness (QED) is 0.907. The van der Waals surface area contributed by atoms with Crippen molar-refractivity contribution < 1.29 is 5.11 Å². The molecule has 0 aromatic carbocycles. The number of aliphatic hydroxyl groups is 1. The molecule has 6 heteroatoms. The number of rotatable bonds is 3. The zero-order valence-electron chi connectivity index (χ0n) is 9.58. The number of hydrogen-bond donors (Lipinski definition) is 1. The van der Waals surface area contributed by atoms with Crippen molar-refractivity contribution in [3.8, 4) is 0 Å². The van der Waals surface area contributed by atoms with Crippen molar-refractivity contribution in [1.29, 1.82) is 0 Å². The Balaban J connectivity index is 2.43. The third-order valence-corrected chi connectivity index (χ3v) is 2.75. The van der Waals surface area contributed by atoms with Gasteiger partial charge in [-0.25, -0.2) is 0 Å². The molecule has 0 bridgehead atoms. The molecule has 2 heterocycles. The summed E-state index contributed by atoms with van der Waals surface area (Å²) in [5.74, 6) is 0. The maximum absolute atomic E-state index is 10.3. The van der Waals surface area contributed by atoms with E-state index in [-0.39, 0.29) is 6.04 Å². The van der Waals surface area contributed by atoms with E-state index in [0.717, 1.165) is 0 Å². The largest absolute Gasteiger partial charge is 0.382 e. The molecule has 0 spiro atoms. The van der Waals surface area contributed by atoms with Crippen LogP contribution in [-0.2, 0) is 0 Å². The van der Waals surface area contributed by atoms with Gasteiger partial charge in [0, 0.05) is 17.8 Å². The molecule has 0 aliphatic rings. The van der Waals surface area contributed by atoms with Crippen LogP contribution in [0.4, 0.5) is 0 Å². The van der Waals surface area contributed by atoms with Gasteiger partial charge in [-0.15, -0.1) is 0 Å². The fraction of sp³-hybridized carbons (Fsp3) is 0.364. The zero-order valence-corrected chi connectivity index (χ0v) is 10.3. The lowest BCUT2D eigenvalue weighted by atomic mass is 10.1. The monoisotopic (exact) mass is 252 g/mol. The lowest BCUT2D eigenvalue weighted by Crippen LogP contribution is -2.12. The Labute approximate surface area is 104 Å². The first-order valence-electron chi connectivity index (χ1n) is 5.28. The van der Waals surface area contributed by atoms with Crippen molar-refractivity contribution in [3.05, 3.63) is 40.9 Å². The molecule has 2 rings (SSSR count). The predicted octanol–water partition coefficient (Wildman–Crippen LogP) is 1.99. The lowest BCUT2D eigenvalue weighted by Gasteiger charge is -2.16. The molecule has 1 atom stereocenters. The zero-order chi connectivity index (χ0) is 12.4. The van der Waals surface area contributed by atoms with Gasteiger partial charge in [-0.3, -0.25) is 4.68 Å². The van der Waals surface area contributed by atoms with Crippen molar-refractivity contribution in [1.82, 2.24) is 20.0 Å². The van der Waals surface area contributed by atoms with Crippen molar-refractivity contribution in [2.75, 3.05) is 0 Å². The van der Waals surface area contributed by atoms with E-state index in [1.807, 2.05) is 13.8 Å². The fourth-order valence-corrected chi connectivity index (χ4v) is 1.87. The molecule has 0 aliphatic carbocycles. The Hall–Kier alpha value is -1.46. The topological polar surface area (TPSA) is 63.8 Å². The summed E-state index contributed by atoms with van der Waals surface area (Å²) in [4.78, 5) is 0. The molecular formula is C11H13ClN4O. The molecular weight excluding hydrogens is 240 g/mol. The van der Waals surface area contributed by atoms with Crippen molar-refractivity contribution in [2.24, 2.45) is 0 Å². The van der Waals surface area contributed by atoms with Gasteiger partial charge < -0.3 is 5.11 Å². The summed E-state index contributed by atoms with van der Waals surface area (Å²) in [6.45, 7) is 3.95.